The van der Waals surface area contributed by atoms with Gasteiger partial charge in [-0.15, -0.1) is 0 Å². The number of methoxy groups -OCH3 is 1. The van der Waals surface area contributed by atoms with Gasteiger partial charge < -0.3 is 15.2 Å². The molecule has 0 spiro atoms. The molecule has 1 rings (SSSR count). The summed E-state index contributed by atoms with van der Waals surface area (Å²) in [6, 6.07) is 4.06. The molecule has 0 fully saturated rings. The van der Waals surface area contributed by atoms with E-state index in [0.717, 1.165) is 22.4 Å². The van der Waals surface area contributed by atoms with Crippen LogP contribution in [0.15, 0.2) is 12.1 Å². The molecule has 0 heterocycles. The number of aryl methyl sites for hydroxylation is 2. The zero-order valence-corrected chi connectivity index (χ0v) is 11.4. The van der Waals surface area contributed by atoms with Crippen LogP contribution in [0.2, 0.25) is 0 Å². The van der Waals surface area contributed by atoms with Crippen molar-refractivity contribution in [2.75, 3.05) is 14.2 Å². The zero-order valence-electron chi connectivity index (χ0n) is 11.4. The highest BCUT2D eigenvalue weighted by molar-refractivity contribution is 5.66. The molecule has 0 radical (unpaired) electrons. The molecule has 0 amide bonds. The number of carbonyl (C=O) groups is 1. The van der Waals surface area contributed by atoms with E-state index in [4.69, 9.17) is 9.84 Å². The summed E-state index contributed by atoms with van der Waals surface area (Å²) in [5.74, 6) is 0.0382. The normalized spacial score (nSPS) is 12.2. The second kappa shape index (κ2) is 6.40. The van der Waals surface area contributed by atoms with Crippen LogP contribution in [0.4, 0.5) is 0 Å². The van der Waals surface area contributed by atoms with Crippen molar-refractivity contribution in [3.05, 3.63) is 28.8 Å². The monoisotopic (exact) mass is 251 g/mol. The highest BCUT2D eigenvalue weighted by Crippen LogP contribution is 2.32. The van der Waals surface area contributed by atoms with Crippen LogP contribution in [-0.4, -0.2) is 25.2 Å². The molecule has 0 aliphatic carbocycles. The van der Waals surface area contributed by atoms with Gasteiger partial charge in [-0.2, -0.15) is 0 Å². The maximum Gasteiger partial charge on any atom is 0.303 e. The molecule has 0 aliphatic rings. The average Bonchev–Trinajstić information content (AvgIpc) is 2.30. The highest BCUT2D eigenvalue weighted by Gasteiger charge is 2.18. The Morgan fingerprint density at radius 1 is 1.44 bits per heavy atom. The van der Waals surface area contributed by atoms with E-state index in [1.54, 1.807) is 7.11 Å². The molecule has 0 saturated heterocycles. The van der Waals surface area contributed by atoms with Crippen molar-refractivity contribution in [3.8, 4) is 5.75 Å². The second-order valence-corrected chi connectivity index (χ2v) is 4.47. The van der Waals surface area contributed by atoms with Gasteiger partial charge in [-0.1, -0.05) is 6.07 Å². The molecule has 0 aliphatic heterocycles. The van der Waals surface area contributed by atoms with Crippen molar-refractivity contribution in [2.24, 2.45) is 0 Å². The summed E-state index contributed by atoms with van der Waals surface area (Å²) in [7, 11) is 3.48. The number of aliphatic carboxylic acids is 1. The third-order valence-electron chi connectivity index (χ3n) is 3.06. The summed E-state index contributed by atoms with van der Waals surface area (Å²) in [6.07, 6.45) is 0.689. The van der Waals surface area contributed by atoms with Gasteiger partial charge in [-0.25, -0.2) is 0 Å². The van der Waals surface area contributed by atoms with Crippen LogP contribution in [0, 0.1) is 13.8 Å². The van der Waals surface area contributed by atoms with Crippen LogP contribution in [0.25, 0.3) is 0 Å². The molecule has 0 aromatic heterocycles. The van der Waals surface area contributed by atoms with Gasteiger partial charge in [0.15, 0.2) is 0 Å². The minimum Gasteiger partial charge on any atom is -0.496 e. The Kier molecular flexibility index (Phi) is 5.16. The second-order valence-electron chi connectivity index (χ2n) is 4.47. The molecule has 1 aromatic rings. The van der Waals surface area contributed by atoms with Gasteiger partial charge in [0.05, 0.1) is 7.11 Å². The Bertz CT molecular complexity index is 429. The lowest BCUT2D eigenvalue weighted by molar-refractivity contribution is -0.137. The number of benzene rings is 1. The third kappa shape index (κ3) is 3.47. The van der Waals surface area contributed by atoms with E-state index in [0.29, 0.717) is 6.42 Å². The zero-order chi connectivity index (χ0) is 13.7. The molecular formula is C14H21NO3. The fourth-order valence-corrected chi connectivity index (χ4v) is 2.26. The van der Waals surface area contributed by atoms with Crippen molar-refractivity contribution in [1.82, 2.24) is 5.32 Å². The maximum atomic E-state index is 10.7. The summed E-state index contributed by atoms with van der Waals surface area (Å²) >= 11 is 0. The van der Waals surface area contributed by atoms with Gasteiger partial charge in [-0.05, 0) is 44.5 Å². The van der Waals surface area contributed by atoms with Gasteiger partial charge in [0.25, 0.3) is 0 Å². The Labute approximate surface area is 108 Å². The topological polar surface area (TPSA) is 58.6 Å². The number of ether oxygens (including phenoxy) is 1. The lowest BCUT2D eigenvalue weighted by Crippen LogP contribution is -2.19. The first-order valence-electron chi connectivity index (χ1n) is 6.03. The van der Waals surface area contributed by atoms with Crippen LogP contribution in [0.1, 0.15) is 35.6 Å². The average molecular weight is 251 g/mol. The first-order valence-corrected chi connectivity index (χ1v) is 6.03. The molecular weight excluding hydrogens is 230 g/mol. The minimum absolute atomic E-state index is 0.00310. The summed E-state index contributed by atoms with van der Waals surface area (Å²) in [5, 5.41) is 12.0. The van der Waals surface area contributed by atoms with Crippen LogP contribution in [0.3, 0.4) is 0 Å². The Morgan fingerprint density at radius 2 is 2.11 bits per heavy atom. The van der Waals surface area contributed by atoms with E-state index in [1.807, 2.05) is 27.0 Å². The minimum atomic E-state index is -0.779. The predicted octanol–water partition coefficient (Wildman–Crippen LogP) is 2.44. The van der Waals surface area contributed by atoms with Gasteiger partial charge in [-0.3, -0.25) is 4.79 Å². The predicted molar refractivity (Wildman–Crippen MR) is 71.1 cm³/mol. The molecule has 1 aromatic carbocycles. The lowest BCUT2D eigenvalue weighted by atomic mass is 9.95. The maximum absolute atomic E-state index is 10.7. The molecule has 2 N–H and O–H groups in total. The van der Waals surface area contributed by atoms with Gasteiger partial charge in [0.2, 0.25) is 0 Å². The van der Waals surface area contributed by atoms with E-state index < -0.39 is 5.97 Å². The fraction of sp³-hybridized carbons (Fsp3) is 0.500. The van der Waals surface area contributed by atoms with Gasteiger partial charge >= 0.3 is 5.97 Å². The fourth-order valence-electron chi connectivity index (χ4n) is 2.26. The molecule has 0 saturated carbocycles. The van der Waals surface area contributed by atoms with E-state index in [9.17, 15) is 4.79 Å². The van der Waals surface area contributed by atoms with E-state index in [-0.39, 0.29) is 12.5 Å². The SMILES string of the molecule is CNC(CCC(=O)O)c1c(C)cc(C)cc1OC. The van der Waals surface area contributed by atoms with Crippen molar-refractivity contribution >= 4 is 5.97 Å². The molecule has 1 atom stereocenters. The number of carboxylic acids is 1. The molecule has 100 valence electrons. The number of nitrogens with one attached hydrogen (secondary N) is 1. The van der Waals surface area contributed by atoms with Crippen LogP contribution in [-0.2, 0) is 4.79 Å². The lowest BCUT2D eigenvalue weighted by Gasteiger charge is -2.21. The molecule has 18 heavy (non-hydrogen) atoms. The van der Waals surface area contributed by atoms with Crippen molar-refractivity contribution in [3.63, 3.8) is 0 Å². The highest BCUT2D eigenvalue weighted by atomic mass is 16.5. The summed E-state index contributed by atoms with van der Waals surface area (Å²) in [5.41, 5.74) is 3.31. The van der Waals surface area contributed by atoms with Crippen LogP contribution in [0.5, 0.6) is 5.75 Å². The van der Waals surface area contributed by atoms with Crippen molar-refractivity contribution in [2.45, 2.75) is 32.7 Å². The number of hydrogen-bond donors (Lipinski definition) is 2. The molecule has 4 heteroatoms. The smallest absolute Gasteiger partial charge is 0.303 e. The van der Waals surface area contributed by atoms with Crippen LogP contribution >= 0.6 is 0 Å². The quantitative estimate of drug-likeness (QED) is 0.815. The molecule has 4 nitrogen and oxygen atoms in total. The van der Waals surface area contributed by atoms with Gasteiger partial charge in [0.1, 0.15) is 5.75 Å². The van der Waals surface area contributed by atoms with E-state index in [2.05, 4.69) is 11.4 Å². The Balaban J connectivity index is 3.07. The molecule has 0 bridgehead atoms. The van der Waals surface area contributed by atoms with E-state index in [1.165, 1.54) is 0 Å². The van der Waals surface area contributed by atoms with Gasteiger partial charge in [0, 0.05) is 18.0 Å². The number of rotatable bonds is 6. The third-order valence-corrected chi connectivity index (χ3v) is 3.06. The summed E-state index contributed by atoms with van der Waals surface area (Å²) in [4.78, 5) is 10.7. The first kappa shape index (κ1) is 14.5. The summed E-state index contributed by atoms with van der Waals surface area (Å²) < 4.78 is 5.41. The van der Waals surface area contributed by atoms with Crippen molar-refractivity contribution < 1.29 is 14.6 Å². The molecule has 1 unspecified atom stereocenters. The number of hydrogen-bond acceptors (Lipinski definition) is 3. The van der Waals surface area contributed by atoms with Crippen LogP contribution < -0.4 is 10.1 Å². The Morgan fingerprint density at radius 3 is 2.61 bits per heavy atom. The summed E-state index contributed by atoms with van der Waals surface area (Å²) in [6.45, 7) is 4.04. The van der Waals surface area contributed by atoms with E-state index >= 15 is 0 Å². The Hall–Kier alpha value is -1.55. The largest absolute Gasteiger partial charge is 0.496 e. The standard InChI is InChI=1S/C14H21NO3/c1-9-7-10(2)14(12(8-9)18-4)11(15-3)5-6-13(16)17/h7-8,11,15H,5-6H2,1-4H3,(H,16,17). The van der Waals surface area contributed by atoms with Crippen molar-refractivity contribution in [1.29, 1.82) is 0 Å². The first-order chi connectivity index (χ1) is 8.49. The number of carboxylic acid groups (broad SMARTS) is 1.